The number of nitrogens with zero attached hydrogens (tertiary/aromatic N) is 1. The summed E-state index contributed by atoms with van der Waals surface area (Å²) in [6, 6.07) is 20.5. The summed E-state index contributed by atoms with van der Waals surface area (Å²) in [5.41, 5.74) is 2.63. The lowest BCUT2D eigenvalue weighted by Gasteiger charge is -2.15. The van der Waals surface area contributed by atoms with Gasteiger partial charge in [-0.05, 0) is 60.4 Å². The van der Waals surface area contributed by atoms with Gasteiger partial charge in [-0.1, -0.05) is 64.8 Å². The Balaban J connectivity index is 1.35. The standard InChI is InChI=1S/C25H21Cl2N3O3/c26-19-11-5-16(6-12-19)15-28-33-23(17-7-8-17)18-9-13-20(14-10-18)29-25(32)30-24(31)21-3-1-2-4-22(21)27/h1-6,9-15,17,23H,7-8H2,(H2,29,30,31,32)/b28-15+. The molecular formula is C25H21Cl2N3O3. The molecule has 3 amide bonds. The number of carbonyl (C=O) groups excluding carboxylic acids is 2. The number of urea groups is 1. The number of halogens is 2. The number of hydrogen-bond donors (Lipinski definition) is 2. The van der Waals surface area contributed by atoms with Crippen molar-refractivity contribution in [3.05, 3.63) is 99.5 Å². The smallest absolute Gasteiger partial charge is 0.326 e. The van der Waals surface area contributed by atoms with E-state index < -0.39 is 11.9 Å². The van der Waals surface area contributed by atoms with E-state index in [0.29, 0.717) is 16.6 Å². The second-order valence-electron chi connectivity index (χ2n) is 7.66. The molecule has 6 nitrogen and oxygen atoms in total. The first-order chi connectivity index (χ1) is 16.0. The average molecular weight is 482 g/mol. The van der Waals surface area contributed by atoms with Crippen LogP contribution in [0.25, 0.3) is 0 Å². The fourth-order valence-corrected chi connectivity index (χ4v) is 3.61. The van der Waals surface area contributed by atoms with E-state index in [1.54, 1.807) is 54.7 Å². The van der Waals surface area contributed by atoms with Gasteiger partial charge in [0.15, 0.2) is 6.10 Å². The maximum atomic E-state index is 12.2. The van der Waals surface area contributed by atoms with Crippen molar-refractivity contribution in [2.45, 2.75) is 18.9 Å². The van der Waals surface area contributed by atoms with Gasteiger partial charge < -0.3 is 10.2 Å². The zero-order valence-electron chi connectivity index (χ0n) is 17.5. The Morgan fingerprint density at radius 3 is 2.33 bits per heavy atom. The molecule has 1 unspecified atom stereocenters. The van der Waals surface area contributed by atoms with Crippen molar-refractivity contribution in [2.24, 2.45) is 11.1 Å². The highest BCUT2D eigenvalue weighted by Gasteiger charge is 2.34. The van der Waals surface area contributed by atoms with Crippen molar-refractivity contribution in [1.82, 2.24) is 5.32 Å². The number of hydrogen-bond acceptors (Lipinski definition) is 4. The lowest BCUT2D eigenvalue weighted by Crippen LogP contribution is -2.34. The van der Waals surface area contributed by atoms with Crippen LogP contribution in [-0.2, 0) is 4.84 Å². The monoisotopic (exact) mass is 481 g/mol. The van der Waals surface area contributed by atoms with Crippen molar-refractivity contribution in [2.75, 3.05) is 5.32 Å². The van der Waals surface area contributed by atoms with E-state index in [1.165, 1.54) is 0 Å². The third kappa shape index (κ3) is 6.34. The van der Waals surface area contributed by atoms with Gasteiger partial charge in [0.25, 0.3) is 5.91 Å². The summed E-state index contributed by atoms with van der Waals surface area (Å²) in [5, 5.41) is 10.0. The molecule has 0 heterocycles. The molecule has 1 fully saturated rings. The Bertz CT molecular complexity index is 1160. The largest absolute Gasteiger partial charge is 0.387 e. The predicted octanol–water partition coefficient (Wildman–Crippen LogP) is 6.46. The number of benzene rings is 3. The summed E-state index contributed by atoms with van der Waals surface area (Å²) >= 11 is 11.9. The molecule has 3 aromatic rings. The minimum Gasteiger partial charge on any atom is -0.387 e. The molecule has 1 aliphatic carbocycles. The van der Waals surface area contributed by atoms with Gasteiger partial charge in [-0.3, -0.25) is 10.1 Å². The van der Waals surface area contributed by atoms with Gasteiger partial charge in [-0.2, -0.15) is 0 Å². The van der Waals surface area contributed by atoms with Crippen LogP contribution in [0.1, 0.15) is 40.4 Å². The van der Waals surface area contributed by atoms with Gasteiger partial charge in [0.2, 0.25) is 0 Å². The van der Waals surface area contributed by atoms with Crippen LogP contribution in [0, 0.1) is 5.92 Å². The lowest BCUT2D eigenvalue weighted by atomic mass is 10.1. The Morgan fingerprint density at radius 2 is 1.67 bits per heavy atom. The summed E-state index contributed by atoms with van der Waals surface area (Å²) in [6.45, 7) is 0. The SMILES string of the molecule is O=C(NC(=O)c1ccccc1Cl)Nc1ccc(C(O/N=C/c2ccc(Cl)cc2)C2CC2)cc1. The molecule has 0 bridgehead atoms. The Hall–Kier alpha value is -3.35. The van der Waals surface area contributed by atoms with Crippen LogP contribution in [0.15, 0.2) is 78.0 Å². The number of anilines is 1. The highest BCUT2D eigenvalue weighted by Crippen LogP contribution is 2.43. The van der Waals surface area contributed by atoms with E-state index in [9.17, 15) is 9.59 Å². The lowest BCUT2D eigenvalue weighted by molar-refractivity contribution is 0.0434. The molecular weight excluding hydrogens is 461 g/mol. The van der Waals surface area contributed by atoms with Crippen LogP contribution in [0.5, 0.6) is 0 Å². The maximum Gasteiger partial charge on any atom is 0.326 e. The van der Waals surface area contributed by atoms with Gasteiger partial charge in [0.1, 0.15) is 0 Å². The number of imide groups is 1. The average Bonchev–Trinajstić information content (AvgIpc) is 3.64. The highest BCUT2D eigenvalue weighted by atomic mass is 35.5. The molecule has 1 atom stereocenters. The van der Waals surface area contributed by atoms with Crippen molar-refractivity contribution in [3.8, 4) is 0 Å². The summed E-state index contributed by atoms with van der Waals surface area (Å²) in [4.78, 5) is 30.2. The number of oxime groups is 1. The second kappa shape index (κ2) is 10.5. The van der Waals surface area contributed by atoms with Gasteiger partial charge in [0.05, 0.1) is 16.8 Å². The summed E-state index contributed by atoms with van der Waals surface area (Å²) < 4.78 is 0. The van der Waals surface area contributed by atoms with Crippen molar-refractivity contribution >= 4 is 47.0 Å². The first-order valence-corrected chi connectivity index (χ1v) is 11.2. The molecule has 0 spiro atoms. The van der Waals surface area contributed by atoms with Crippen LogP contribution in [0.4, 0.5) is 10.5 Å². The second-order valence-corrected chi connectivity index (χ2v) is 8.50. The predicted molar refractivity (Wildman–Crippen MR) is 130 cm³/mol. The van der Waals surface area contributed by atoms with Crippen LogP contribution < -0.4 is 10.6 Å². The van der Waals surface area contributed by atoms with Crippen LogP contribution in [-0.4, -0.2) is 18.2 Å². The quantitative estimate of drug-likeness (QED) is 0.300. The normalized spacial score (nSPS) is 14.0. The van der Waals surface area contributed by atoms with Crippen molar-refractivity contribution < 1.29 is 14.4 Å². The summed E-state index contributed by atoms with van der Waals surface area (Å²) in [7, 11) is 0. The van der Waals surface area contributed by atoms with Crippen molar-refractivity contribution in [1.29, 1.82) is 0 Å². The number of carbonyl (C=O) groups is 2. The molecule has 3 aromatic carbocycles. The van der Waals surface area contributed by atoms with E-state index in [4.69, 9.17) is 28.0 Å². The first kappa shape index (κ1) is 22.8. The molecule has 1 saturated carbocycles. The van der Waals surface area contributed by atoms with Gasteiger partial charge in [-0.15, -0.1) is 0 Å². The van der Waals surface area contributed by atoms with E-state index >= 15 is 0 Å². The zero-order chi connectivity index (χ0) is 23.2. The zero-order valence-corrected chi connectivity index (χ0v) is 19.0. The fourth-order valence-electron chi connectivity index (χ4n) is 3.26. The molecule has 33 heavy (non-hydrogen) atoms. The van der Waals surface area contributed by atoms with Crippen LogP contribution >= 0.6 is 23.2 Å². The molecule has 4 rings (SSSR count). The van der Waals surface area contributed by atoms with E-state index in [0.717, 1.165) is 24.0 Å². The molecule has 0 saturated heterocycles. The molecule has 0 aliphatic heterocycles. The number of amides is 3. The Labute approximate surface area is 201 Å². The molecule has 0 aromatic heterocycles. The topological polar surface area (TPSA) is 79.8 Å². The highest BCUT2D eigenvalue weighted by molar-refractivity contribution is 6.34. The number of rotatable bonds is 7. The first-order valence-electron chi connectivity index (χ1n) is 10.4. The van der Waals surface area contributed by atoms with Gasteiger partial charge in [-0.25, -0.2) is 4.79 Å². The maximum absolute atomic E-state index is 12.2. The van der Waals surface area contributed by atoms with E-state index in [2.05, 4.69) is 15.8 Å². The Kier molecular flexibility index (Phi) is 7.27. The van der Waals surface area contributed by atoms with Crippen LogP contribution in [0.3, 0.4) is 0 Å². The molecule has 2 N–H and O–H groups in total. The van der Waals surface area contributed by atoms with Gasteiger partial charge in [0, 0.05) is 16.6 Å². The minimum absolute atomic E-state index is 0.168. The minimum atomic E-state index is -0.643. The summed E-state index contributed by atoms with van der Waals surface area (Å²) in [6.07, 6.45) is 3.64. The van der Waals surface area contributed by atoms with E-state index in [-0.39, 0.29) is 16.7 Å². The van der Waals surface area contributed by atoms with Gasteiger partial charge >= 0.3 is 6.03 Å². The Morgan fingerprint density at radius 1 is 0.970 bits per heavy atom. The molecule has 8 heteroatoms. The molecule has 0 radical (unpaired) electrons. The van der Waals surface area contributed by atoms with E-state index in [1.807, 2.05) is 24.3 Å². The third-order valence-corrected chi connectivity index (χ3v) is 5.72. The van der Waals surface area contributed by atoms with Crippen LogP contribution in [0.2, 0.25) is 10.0 Å². The molecule has 1 aliphatic rings. The van der Waals surface area contributed by atoms with Crippen molar-refractivity contribution in [3.63, 3.8) is 0 Å². The fraction of sp³-hybridized carbons (Fsp3) is 0.160. The summed E-state index contributed by atoms with van der Waals surface area (Å²) in [5.74, 6) is -0.168. The third-order valence-electron chi connectivity index (χ3n) is 5.14. The molecule has 168 valence electrons. The number of nitrogens with one attached hydrogen (secondary N) is 2.